The van der Waals surface area contributed by atoms with Crippen LogP contribution in [0, 0.1) is 0 Å². The van der Waals surface area contributed by atoms with Crippen LogP contribution in [-0.4, -0.2) is 35.0 Å². The summed E-state index contributed by atoms with van der Waals surface area (Å²) in [6.45, 7) is 19.3. The second kappa shape index (κ2) is 8.05. The fourth-order valence-corrected chi connectivity index (χ4v) is 8.75. The Hall–Kier alpha value is 0.860. The first-order valence-corrected chi connectivity index (χ1v) is 10.1. The van der Waals surface area contributed by atoms with Crippen molar-refractivity contribution in [2.75, 3.05) is 12.3 Å². The van der Waals surface area contributed by atoms with Crippen LogP contribution >= 0.6 is 15.8 Å². The predicted octanol–water partition coefficient (Wildman–Crippen LogP) is 5.58. The summed E-state index contributed by atoms with van der Waals surface area (Å²) in [5.41, 5.74) is 3.63. The quantitative estimate of drug-likeness (QED) is 0.525. The monoisotopic (exact) mass is 262 g/mol. The molecule has 0 heterocycles. The predicted molar refractivity (Wildman–Crippen MR) is 84.1 cm³/mol. The molecule has 0 fully saturated rings. The van der Waals surface area contributed by atoms with Crippen LogP contribution in [0.1, 0.15) is 55.4 Å². The van der Waals surface area contributed by atoms with E-state index in [0.717, 1.165) is 22.6 Å². The lowest BCUT2D eigenvalue weighted by Crippen LogP contribution is -2.13. The van der Waals surface area contributed by atoms with Gasteiger partial charge in [-0.05, 0) is 35.0 Å². The lowest BCUT2D eigenvalue weighted by Gasteiger charge is -2.31. The summed E-state index contributed by atoms with van der Waals surface area (Å²) in [6, 6.07) is 0. The van der Waals surface area contributed by atoms with Gasteiger partial charge in [-0.2, -0.15) is 0 Å². The van der Waals surface area contributed by atoms with Crippen molar-refractivity contribution in [3.63, 3.8) is 0 Å². The zero-order valence-electron chi connectivity index (χ0n) is 12.6. The Morgan fingerprint density at radius 1 is 0.500 bits per heavy atom. The average Bonchev–Trinajstić information content (AvgIpc) is 2.09. The lowest BCUT2D eigenvalue weighted by molar-refractivity contribution is 0.984. The van der Waals surface area contributed by atoms with Crippen LogP contribution in [0.2, 0.25) is 0 Å². The highest BCUT2D eigenvalue weighted by Crippen LogP contribution is 2.52. The molecule has 0 aromatic carbocycles. The van der Waals surface area contributed by atoms with Gasteiger partial charge in [0.15, 0.2) is 0 Å². The van der Waals surface area contributed by atoms with E-state index in [1.807, 2.05) is 0 Å². The summed E-state index contributed by atoms with van der Waals surface area (Å²) in [4.78, 5) is 0. The minimum Gasteiger partial charge on any atom is -0.101 e. The van der Waals surface area contributed by atoms with Gasteiger partial charge >= 0.3 is 0 Å². The molecule has 0 amide bonds. The molecule has 0 atom stereocenters. The summed E-state index contributed by atoms with van der Waals surface area (Å²) < 4.78 is 0. The summed E-state index contributed by atoms with van der Waals surface area (Å²) in [7, 11) is 0.511. The van der Waals surface area contributed by atoms with E-state index in [4.69, 9.17) is 0 Å². The van der Waals surface area contributed by atoms with Gasteiger partial charge < -0.3 is 0 Å². The summed E-state index contributed by atoms with van der Waals surface area (Å²) in [6.07, 6.45) is 3.01. The highest BCUT2D eigenvalue weighted by molar-refractivity contribution is 7.63. The van der Waals surface area contributed by atoms with Gasteiger partial charge in [-0.1, -0.05) is 55.4 Å². The molecule has 0 spiro atoms. The second-order valence-corrected chi connectivity index (χ2v) is 12.9. The van der Waals surface area contributed by atoms with Crippen LogP contribution in [0.4, 0.5) is 0 Å². The van der Waals surface area contributed by atoms with E-state index in [1.54, 1.807) is 0 Å². The Bertz CT molecular complexity index is 138. The first kappa shape index (κ1) is 16.9. The molecule has 0 saturated carbocycles. The van der Waals surface area contributed by atoms with Crippen molar-refractivity contribution in [1.82, 2.24) is 0 Å². The van der Waals surface area contributed by atoms with E-state index in [2.05, 4.69) is 55.4 Å². The zero-order valence-corrected chi connectivity index (χ0v) is 14.4. The molecule has 0 aromatic heterocycles. The van der Waals surface area contributed by atoms with E-state index in [-0.39, 0.29) is 15.8 Å². The van der Waals surface area contributed by atoms with E-state index in [9.17, 15) is 0 Å². The Kier molecular flexibility index (Phi) is 8.48. The summed E-state index contributed by atoms with van der Waals surface area (Å²) in [5.74, 6) is 0. The lowest BCUT2D eigenvalue weighted by atomic mass is 10.5. The van der Waals surface area contributed by atoms with Crippen molar-refractivity contribution in [2.45, 2.75) is 78.0 Å². The SMILES string of the molecule is CC(C)P(CCP(C(C)C)C(C)C)C(C)C. The van der Waals surface area contributed by atoms with E-state index in [1.165, 1.54) is 12.3 Å². The van der Waals surface area contributed by atoms with E-state index >= 15 is 0 Å². The van der Waals surface area contributed by atoms with Crippen molar-refractivity contribution < 1.29 is 0 Å². The maximum Gasteiger partial charge on any atom is -0.0264 e. The van der Waals surface area contributed by atoms with Crippen molar-refractivity contribution in [2.24, 2.45) is 0 Å². The standard InChI is InChI=1S/C14H32P2/c1-11(2)15(12(3)4)9-10-16(13(5)6)14(7)8/h11-14H,9-10H2,1-8H3. The molecule has 0 N–H and O–H groups in total. The van der Waals surface area contributed by atoms with Crippen LogP contribution in [0.5, 0.6) is 0 Å². The van der Waals surface area contributed by atoms with Crippen molar-refractivity contribution >= 4 is 15.8 Å². The van der Waals surface area contributed by atoms with Gasteiger partial charge in [0.25, 0.3) is 0 Å². The van der Waals surface area contributed by atoms with Gasteiger partial charge in [-0.3, -0.25) is 0 Å². The molecular weight excluding hydrogens is 230 g/mol. The third-order valence-corrected chi connectivity index (χ3v) is 10.4. The normalized spacial score (nSPS) is 13.1. The fraction of sp³-hybridized carbons (Fsp3) is 1.00. The minimum absolute atomic E-state index is 0.255. The van der Waals surface area contributed by atoms with Gasteiger partial charge in [-0.25, -0.2) is 0 Å². The molecule has 0 aliphatic rings. The molecule has 0 nitrogen and oxygen atoms in total. The van der Waals surface area contributed by atoms with Gasteiger partial charge in [0, 0.05) is 0 Å². The van der Waals surface area contributed by atoms with Crippen LogP contribution in [0.25, 0.3) is 0 Å². The van der Waals surface area contributed by atoms with Gasteiger partial charge in [-0.15, -0.1) is 15.8 Å². The maximum atomic E-state index is 2.42. The second-order valence-electron chi connectivity index (χ2n) is 5.85. The first-order valence-electron chi connectivity index (χ1n) is 6.78. The highest BCUT2D eigenvalue weighted by Gasteiger charge is 2.21. The molecule has 0 aliphatic heterocycles. The highest BCUT2D eigenvalue weighted by atomic mass is 31.1. The molecule has 2 heteroatoms. The molecule has 0 aliphatic carbocycles. The van der Waals surface area contributed by atoms with Gasteiger partial charge in [0.2, 0.25) is 0 Å². The first-order chi connectivity index (χ1) is 7.27. The van der Waals surface area contributed by atoms with Crippen LogP contribution in [0.3, 0.4) is 0 Å². The molecule has 0 saturated heterocycles. The van der Waals surface area contributed by atoms with Crippen molar-refractivity contribution in [1.29, 1.82) is 0 Å². The van der Waals surface area contributed by atoms with Crippen LogP contribution in [0.15, 0.2) is 0 Å². The van der Waals surface area contributed by atoms with E-state index in [0.29, 0.717) is 0 Å². The molecule has 16 heavy (non-hydrogen) atoms. The molecule has 0 radical (unpaired) electrons. The molecule has 0 unspecified atom stereocenters. The Morgan fingerprint density at radius 2 is 0.688 bits per heavy atom. The topological polar surface area (TPSA) is 0 Å². The largest absolute Gasteiger partial charge is 0.101 e. The summed E-state index contributed by atoms with van der Waals surface area (Å²) in [5, 5.41) is 0. The van der Waals surface area contributed by atoms with Crippen molar-refractivity contribution in [3.05, 3.63) is 0 Å². The third kappa shape index (κ3) is 5.97. The fourth-order valence-electron chi connectivity index (χ4n) is 2.46. The molecule has 0 bridgehead atoms. The zero-order chi connectivity index (χ0) is 12.9. The smallest absolute Gasteiger partial charge is 0.0264 e. The Balaban J connectivity index is 4.27. The number of hydrogen-bond donors (Lipinski definition) is 0. The number of rotatable bonds is 7. The van der Waals surface area contributed by atoms with Crippen LogP contribution < -0.4 is 0 Å². The maximum absolute atomic E-state index is 2.42. The minimum atomic E-state index is 0.255. The van der Waals surface area contributed by atoms with Gasteiger partial charge in [0.05, 0.1) is 0 Å². The Morgan fingerprint density at radius 3 is 0.812 bits per heavy atom. The average molecular weight is 262 g/mol. The molecule has 0 rings (SSSR count). The molecule has 0 aromatic rings. The van der Waals surface area contributed by atoms with Crippen LogP contribution in [-0.2, 0) is 0 Å². The molecule has 98 valence electrons. The van der Waals surface area contributed by atoms with Gasteiger partial charge in [0.1, 0.15) is 0 Å². The molecular formula is C14H32P2. The number of hydrogen-bond acceptors (Lipinski definition) is 0. The van der Waals surface area contributed by atoms with Crippen molar-refractivity contribution in [3.8, 4) is 0 Å². The summed E-state index contributed by atoms with van der Waals surface area (Å²) >= 11 is 0. The Labute approximate surface area is 106 Å². The third-order valence-electron chi connectivity index (χ3n) is 3.27. The van der Waals surface area contributed by atoms with E-state index < -0.39 is 0 Å².